The fourth-order valence-electron chi connectivity index (χ4n) is 1.82. The average Bonchev–Trinajstić information content (AvgIpc) is 2.41. The molecule has 0 aliphatic rings. The van der Waals surface area contributed by atoms with E-state index in [1.54, 1.807) is 6.20 Å². The number of anilines is 1. The van der Waals surface area contributed by atoms with Crippen LogP contribution in [0.5, 0.6) is 0 Å². The maximum absolute atomic E-state index is 11.3. The molecule has 0 aromatic carbocycles. The molecular weight excluding hydrogens is 288 g/mol. The summed E-state index contributed by atoms with van der Waals surface area (Å²) < 4.78 is 22.6. The van der Waals surface area contributed by atoms with Gasteiger partial charge in [-0.3, -0.25) is 0 Å². The van der Waals surface area contributed by atoms with Crippen molar-refractivity contribution in [2.75, 3.05) is 37.0 Å². The van der Waals surface area contributed by atoms with Gasteiger partial charge in [-0.2, -0.15) is 0 Å². The molecule has 0 spiro atoms. The number of hydrogen-bond donors (Lipinski definition) is 1. The molecule has 0 saturated carbocycles. The molecule has 0 fully saturated rings. The number of aromatic nitrogens is 2. The lowest BCUT2D eigenvalue weighted by atomic mass is 10.2. The van der Waals surface area contributed by atoms with E-state index in [1.165, 1.54) is 6.26 Å². The van der Waals surface area contributed by atoms with Gasteiger partial charge in [-0.05, 0) is 6.54 Å². The molecule has 120 valence electrons. The van der Waals surface area contributed by atoms with E-state index in [9.17, 15) is 8.42 Å². The maximum Gasteiger partial charge on any atom is 0.149 e. The second-order valence-electron chi connectivity index (χ2n) is 5.55. The third-order valence-electron chi connectivity index (χ3n) is 3.13. The minimum absolute atomic E-state index is 0.121. The second kappa shape index (κ2) is 7.70. The molecule has 1 heterocycles. The third kappa shape index (κ3) is 5.97. The summed E-state index contributed by atoms with van der Waals surface area (Å²) in [6.45, 7) is 8.09. The quantitative estimate of drug-likeness (QED) is 0.777. The largest absolute Gasteiger partial charge is 0.371 e. The van der Waals surface area contributed by atoms with Gasteiger partial charge in [-0.25, -0.2) is 18.4 Å². The minimum atomic E-state index is -2.98. The van der Waals surface area contributed by atoms with Gasteiger partial charge in [0.25, 0.3) is 0 Å². The molecule has 1 aromatic rings. The highest BCUT2D eigenvalue weighted by molar-refractivity contribution is 7.90. The zero-order chi connectivity index (χ0) is 16.0. The van der Waals surface area contributed by atoms with E-state index in [0.717, 1.165) is 23.8 Å². The molecule has 1 rings (SSSR count). The summed E-state index contributed by atoms with van der Waals surface area (Å²) in [4.78, 5) is 10.9. The Bertz CT molecular complexity index is 558. The van der Waals surface area contributed by atoms with Crippen molar-refractivity contribution in [3.8, 4) is 0 Å². The molecule has 1 N–H and O–H groups in total. The van der Waals surface area contributed by atoms with Crippen molar-refractivity contribution in [1.29, 1.82) is 0 Å². The fraction of sp³-hybridized carbons (Fsp3) is 0.714. The molecule has 1 aromatic heterocycles. The molecule has 0 amide bonds. The van der Waals surface area contributed by atoms with Crippen molar-refractivity contribution in [3.05, 3.63) is 17.7 Å². The molecule has 0 bridgehead atoms. The SMILES string of the molecule is CCNCc1nc(C(C)C)ncc1N(C)CCS(C)(=O)=O. The molecular formula is C14H26N4O2S. The second-order valence-corrected chi connectivity index (χ2v) is 7.81. The van der Waals surface area contributed by atoms with Crippen molar-refractivity contribution in [1.82, 2.24) is 15.3 Å². The fourth-order valence-corrected chi connectivity index (χ4v) is 2.43. The Balaban J connectivity index is 2.97. The molecule has 6 nitrogen and oxygen atoms in total. The normalized spacial score (nSPS) is 11.9. The van der Waals surface area contributed by atoms with E-state index in [1.807, 2.05) is 18.9 Å². The highest BCUT2D eigenvalue weighted by Gasteiger charge is 2.14. The van der Waals surface area contributed by atoms with Gasteiger partial charge in [-0.15, -0.1) is 0 Å². The Kier molecular flexibility index (Phi) is 6.54. The summed E-state index contributed by atoms with van der Waals surface area (Å²) in [5.41, 5.74) is 1.79. The van der Waals surface area contributed by atoms with Crippen LogP contribution in [0.4, 0.5) is 5.69 Å². The lowest BCUT2D eigenvalue weighted by Gasteiger charge is -2.22. The summed E-state index contributed by atoms with van der Waals surface area (Å²) in [5, 5.41) is 3.26. The predicted octanol–water partition coefficient (Wildman–Crippen LogP) is 1.19. The number of nitrogens with zero attached hydrogens (tertiary/aromatic N) is 3. The van der Waals surface area contributed by atoms with Crippen LogP contribution in [-0.2, 0) is 16.4 Å². The van der Waals surface area contributed by atoms with Crippen LogP contribution in [0.25, 0.3) is 0 Å². The smallest absolute Gasteiger partial charge is 0.149 e. The first-order valence-corrected chi connectivity index (χ1v) is 9.26. The van der Waals surface area contributed by atoms with Gasteiger partial charge >= 0.3 is 0 Å². The molecule has 0 radical (unpaired) electrons. The highest BCUT2D eigenvalue weighted by Crippen LogP contribution is 2.19. The first-order valence-electron chi connectivity index (χ1n) is 7.20. The molecule has 0 aliphatic heterocycles. The topological polar surface area (TPSA) is 75.2 Å². The third-order valence-corrected chi connectivity index (χ3v) is 4.06. The number of sulfone groups is 1. The van der Waals surface area contributed by atoms with Crippen molar-refractivity contribution in [2.45, 2.75) is 33.2 Å². The van der Waals surface area contributed by atoms with Gasteiger partial charge in [-0.1, -0.05) is 20.8 Å². The minimum Gasteiger partial charge on any atom is -0.371 e. The summed E-state index contributed by atoms with van der Waals surface area (Å²) in [5.74, 6) is 1.19. The van der Waals surface area contributed by atoms with Gasteiger partial charge in [0.05, 0.1) is 23.3 Å². The van der Waals surface area contributed by atoms with Crippen LogP contribution >= 0.6 is 0 Å². The Morgan fingerprint density at radius 2 is 2.05 bits per heavy atom. The van der Waals surface area contributed by atoms with Gasteiger partial charge in [0.2, 0.25) is 0 Å². The lowest BCUT2D eigenvalue weighted by Crippen LogP contribution is -2.27. The zero-order valence-electron chi connectivity index (χ0n) is 13.5. The first-order chi connectivity index (χ1) is 9.74. The van der Waals surface area contributed by atoms with Gasteiger partial charge < -0.3 is 10.2 Å². The van der Waals surface area contributed by atoms with Gasteiger partial charge in [0.15, 0.2) is 0 Å². The van der Waals surface area contributed by atoms with Crippen LogP contribution in [0.1, 0.15) is 38.2 Å². The average molecular weight is 314 g/mol. The Hall–Kier alpha value is -1.21. The zero-order valence-corrected chi connectivity index (χ0v) is 14.4. The van der Waals surface area contributed by atoms with Crippen LogP contribution in [0, 0.1) is 0 Å². The Labute approximate surface area is 127 Å². The number of hydrogen-bond acceptors (Lipinski definition) is 6. The van der Waals surface area contributed by atoms with Crippen LogP contribution in [-0.4, -0.2) is 50.5 Å². The highest BCUT2D eigenvalue weighted by atomic mass is 32.2. The van der Waals surface area contributed by atoms with E-state index in [-0.39, 0.29) is 11.7 Å². The molecule has 7 heteroatoms. The van der Waals surface area contributed by atoms with E-state index in [0.29, 0.717) is 13.1 Å². The van der Waals surface area contributed by atoms with Crippen molar-refractivity contribution < 1.29 is 8.42 Å². The van der Waals surface area contributed by atoms with Gasteiger partial charge in [0, 0.05) is 32.3 Å². The molecule has 21 heavy (non-hydrogen) atoms. The summed E-state index contributed by atoms with van der Waals surface area (Å²) in [6.07, 6.45) is 3.04. The Morgan fingerprint density at radius 3 is 2.57 bits per heavy atom. The van der Waals surface area contributed by atoms with Crippen molar-refractivity contribution >= 4 is 15.5 Å². The van der Waals surface area contributed by atoms with E-state index in [2.05, 4.69) is 29.1 Å². The number of rotatable bonds is 8. The number of nitrogens with one attached hydrogen (secondary N) is 1. The van der Waals surface area contributed by atoms with Gasteiger partial charge in [0.1, 0.15) is 15.7 Å². The monoisotopic (exact) mass is 314 g/mol. The van der Waals surface area contributed by atoms with Crippen LogP contribution in [0.15, 0.2) is 6.20 Å². The van der Waals surface area contributed by atoms with Crippen LogP contribution < -0.4 is 10.2 Å². The Morgan fingerprint density at radius 1 is 1.38 bits per heavy atom. The lowest BCUT2D eigenvalue weighted by molar-refractivity contribution is 0.600. The van der Waals surface area contributed by atoms with E-state index >= 15 is 0 Å². The van der Waals surface area contributed by atoms with Crippen LogP contribution in [0.2, 0.25) is 0 Å². The molecule has 0 saturated heterocycles. The summed E-state index contributed by atoms with van der Waals surface area (Å²) in [6, 6.07) is 0. The first kappa shape index (κ1) is 17.8. The molecule has 0 aliphatic carbocycles. The van der Waals surface area contributed by atoms with Crippen molar-refractivity contribution in [2.24, 2.45) is 0 Å². The molecule has 0 atom stereocenters. The predicted molar refractivity (Wildman–Crippen MR) is 86.5 cm³/mol. The van der Waals surface area contributed by atoms with Crippen LogP contribution in [0.3, 0.4) is 0 Å². The summed E-state index contributed by atoms with van der Waals surface area (Å²) in [7, 11) is -1.11. The molecule has 0 unspecified atom stereocenters. The standard InChI is InChI=1S/C14H26N4O2S/c1-6-15-9-12-13(10-16-14(17-12)11(2)3)18(4)7-8-21(5,19)20/h10-11,15H,6-9H2,1-5H3. The van der Waals surface area contributed by atoms with E-state index in [4.69, 9.17) is 0 Å². The summed E-state index contributed by atoms with van der Waals surface area (Å²) >= 11 is 0. The maximum atomic E-state index is 11.3. The van der Waals surface area contributed by atoms with E-state index < -0.39 is 9.84 Å². The van der Waals surface area contributed by atoms with Crippen molar-refractivity contribution in [3.63, 3.8) is 0 Å².